The van der Waals surface area contributed by atoms with Crippen molar-refractivity contribution >= 4 is 22.7 Å². The fourth-order valence-electron chi connectivity index (χ4n) is 3.62. The van der Waals surface area contributed by atoms with E-state index in [0.29, 0.717) is 0 Å². The highest BCUT2D eigenvalue weighted by Gasteiger charge is 2.22. The van der Waals surface area contributed by atoms with E-state index in [1.165, 1.54) is 0 Å². The molecule has 1 aliphatic heterocycles. The highest BCUT2D eigenvalue weighted by Crippen LogP contribution is 2.25. The minimum absolute atomic E-state index is 0.756. The Hall–Kier alpha value is -3.68. The molecule has 144 valence electrons. The topological polar surface area (TPSA) is 83.8 Å². The molecule has 0 N–H and O–H groups in total. The van der Waals surface area contributed by atoms with E-state index in [-0.39, 0.29) is 0 Å². The van der Waals surface area contributed by atoms with Crippen LogP contribution in [0.4, 0.5) is 11.8 Å². The predicted octanol–water partition coefficient (Wildman–Crippen LogP) is 2.51. The summed E-state index contributed by atoms with van der Waals surface area (Å²) in [6, 6.07) is 7.83. The molecule has 4 aromatic heterocycles. The summed E-state index contributed by atoms with van der Waals surface area (Å²) in [5.74, 6) is 2.49. The maximum absolute atomic E-state index is 4.76. The van der Waals surface area contributed by atoms with Gasteiger partial charge in [0, 0.05) is 61.9 Å². The second kappa shape index (κ2) is 7.38. The number of aromatic nitrogens is 6. The Morgan fingerprint density at radius 3 is 2.34 bits per heavy atom. The third kappa shape index (κ3) is 3.44. The summed E-state index contributed by atoms with van der Waals surface area (Å²) in [5.41, 5.74) is 2.83. The zero-order chi connectivity index (χ0) is 19.6. The normalized spacial score (nSPS) is 14.4. The Balaban J connectivity index is 1.37. The van der Waals surface area contributed by atoms with Gasteiger partial charge >= 0.3 is 0 Å². The molecular weight excluding hydrogens is 364 g/mol. The van der Waals surface area contributed by atoms with Crippen LogP contribution in [0.15, 0.2) is 55.2 Å². The third-order valence-corrected chi connectivity index (χ3v) is 5.07. The fourth-order valence-corrected chi connectivity index (χ4v) is 3.62. The zero-order valence-corrected chi connectivity index (χ0v) is 16.1. The average molecular weight is 384 g/mol. The quantitative estimate of drug-likeness (QED) is 0.533. The van der Waals surface area contributed by atoms with Crippen LogP contribution in [-0.4, -0.2) is 56.1 Å². The van der Waals surface area contributed by atoms with E-state index in [2.05, 4.69) is 29.7 Å². The van der Waals surface area contributed by atoms with Crippen LogP contribution >= 0.6 is 0 Å². The van der Waals surface area contributed by atoms with Crippen LogP contribution in [0.3, 0.4) is 0 Å². The smallest absolute Gasteiger partial charge is 0.225 e. The van der Waals surface area contributed by atoms with Gasteiger partial charge in [0.15, 0.2) is 0 Å². The van der Waals surface area contributed by atoms with E-state index in [0.717, 1.165) is 65.9 Å². The Kier molecular flexibility index (Phi) is 4.44. The van der Waals surface area contributed by atoms with Crippen molar-refractivity contribution in [1.82, 2.24) is 29.9 Å². The Morgan fingerprint density at radius 1 is 0.759 bits per heavy atom. The molecule has 0 amide bonds. The molecule has 1 fully saturated rings. The highest BCUT2D eigenvalue weighted by molar-refractivity contribution is 5.88. The number of anilines is 2. The largest absolute Gasteiger partial charge is 0.352 e. The van der Waals surface area contributed by atoms with Crippen LogP contribution in [0.1, 0.15) is 5.82 Å². The molecule has 1 saturated heterocycles. The molecule has 0 spiro atoms. The van der Waals surface area contributed by atoms with Crippen molar-refractivity contribution in [2.45, 2.75) is 6.92 Å². The van der Waals surface area contributed by atoms with E-state index in [1.807, 2.05) is 37.4 Å². The maximum Gasteiger partial charge on any atom is 0.225 e. The van der Waals surface area contributed by atoms with Gasteiger partial charge in [-0.05, 0) is 31.2 Å². The van der Waals surface area contributed by atoms with E-state index < -0.39 is 0 Å². The third-order valence-electron chi connectivity index (χ3n) is 5.07. The van der Waals surface area contributed by atoms with Crippen LogP contribution in [0.2, 0.25) is 0 Å². The van der Waals surface area contributed by atoms with Crippen LogP contribution in [0.25, 0.3) is 22.2 Å². The van der Waals surface area contributed by atoms with Gasteiger partial charge in [-0.3, -0.25) is 9.97 Å². The summed E-state index contributed by atoms with van der Waals surface area (Å²) in [7, 11) is 0. The molecule has 0 aromatic carbocycles. The summed E-state index contributed by atoms with van der Waals surface area (Å²) in [6.45, 7) is 5.27. The lowest BCUT2D eigenvalue weighted by atomic mass is 10.2. The van der Waals surface area contributed by atoms with Gasteiger partial charge in [0.05, 0.1) is 17.4 Å². The summed E-state index contributed by atoms with van der Waals surface area (Å²) >= 11 is 0. The Bertz CT molecular complexity index is 1140. The van der Waals surface area contributed by atoms with Crippen LogP contribution in [0, 0.1) is 6.92 Å². The van der Waals surface area contributed by atoms with Crippen molar-refractivity contribution in [1.29, 1.82) is 0 Å². The van der Waals surface area contributed by atoms with Gasteiger partial charge in [0.1, 0.15) is 11.6 Å². The monoisotopic (exact) mass is 384 g/mol. The Morgan fingerprint density at radius 2 is 1.52 bits per heavy atom. The number of rotatable bonds is 3. The lowest BCUT2D eigenvalue weighted by molar-refractivity contribution is 0.635. The van der Waals surface area contributed by atoms with Crippen molar-refractivity contribution in [2.75, 3.05) is 36.0 Å². The summed E-state index contributed by atoms with van der Waals surface area (Å²) in [4.78, 5) is 31.3. The molecule has 8 nitrogen and oxygen atoms in total. The highest BCUT2D eigenvalue weighted by atomic mass is 15.3. The van der Waals surface area contributed by atoms with Gasteiger partial charge < -0.3 is 9.80 Å². The minimum atomic E-state index is 0.756. The lowest BCUT2D eigenvalue weighted by Gasteiger charge is -2.35. The SMILES string of the molecule is Cc1nc(N2CCN(c3nccc(-c4ccncc4)n3)CC2)c2ccncc2n1. The van der Waals surface area contributed by atoms with Gasteiger partial charge in [-0.1, -0.05) is 0 Å². The van der Waals surface area contributed by atoms with Crippen LogP contribution in [-0.2, 0) is 0 Å². The molecule has 0 aliphatic carbocycles. The predicted molar refractivity (Wildman–Crippen MR) is 112 cm³/mol. The molecule has 0 radical (unpaired) electrons. The minimum Gasteiger partial charge on any atom is -0.352 e. The molecular formula is C21H20N8. The molecule has 0 unspecified atom stereocenters. The number of pyridine rings is 2. The number of piperazine rings is 1. The second-order valence-electron chi connectivity index (χ2n) is 6.94. The van der Waals surface area contributed by atoms with Gasteiger partial charge in [-0.15, -0.1) is 0 Å². The van der Waals surface area contributed by atoms with E-state index in [9.17, 15) is 0 Å². The number of hydrogen-bond donors (Lipinski definition) is 0. The van der Waals surface area contributed by atoms with E-state index in [1.54, 1.807) is 24.8 Å². The van der Waals surface area contributed by atoms with E-state index >= 15 is 0 Å². The van der Waals surface area contributed by atoms with Crippen molar-refractivity contribution in [3.8, 4) is 11.3 Å². The summed E-state index contributed by atoms with van der Waals surface area (Å²) in [6.07, 6.45) is 8.96. The number of nitrogens with zero attached hydrogens (tertiary/aromatic N) is 8. The lowest BCUT2D eigenvalue weighted by Crippen LogP contribution is -2.47. The molecule has 1 aliphatic rings. The first kappa shape index (κ1) is 17.4. The molecule has 29 heavy (non-hydrogen) atoms. The summed E-state index contributed by atoms with van der Waals surface area (Å²) < 4.78 is 0. The van der Waals surface area contributed by atoms with Gasteiger partial charge in [-0.25, -0.2) is 19.9 Å². The van der Waals surface area contributed by atoms with Crippen LogP contribution in [0.5, 0.6) is 0 Å². The molecule has 0 atom stereocenters. The number of fused-ring (bicyclic) bond motifs is 1. The summed E-state index contributed by atoms with van der Waals surface area (Å²) in [5, 5.41) is 1.04. The van der Waals surface area contributed by atoms with Crippen molar-refractivity contribution in [3.63, 3.8) is 0 Å². The number of hydrogen-bond acceptors (Lipinski definition) is 8. The molecule has 4 aromatic rings. The number of aryl methyl sites for hydroxylation is 1. The first-order valence-electron chi connectivity index (χ1n) is 9.60. The van der Waals surface area contributed by atoms with Gasteiger partial charge in [0.25, 0.3) is 0 Å². The van der Waals surface area contributed by atoms with Crippen LogP contribution < -0.4 is 9.80 Å². The first-order chi connectivity index (χ1) is 14.3. The first-order valence-corrected chi connectivity index (χ1v) is 9.60. The standard InChI is InChI=1S/C21H20N8/c1-15-25-19-14-23-8-4-17(19)20(26-15)28-10-12-29(13-11-28)21-24-9-5-18(27-21)16-2-6-22-7-3-16/h2-9,14H,10-13H2,1H3. The van der Waals surface area contributed by atoms with Gasteiger partial charge in [0.2, 0.25) is 5.95 Å². The fraction of sp³-hybridized carbons (Fsp3) is 0.238. The average Bonchev–Trinajstić information content (AvgIpc) is 2.79. The second-order valence-corrected chi connectivity index (χ2v) is 6.94. The van der Waals surface area contributed by atoms with Crippen molar-refractivity contribution in [3.05, 3.63) is 61.1 Å². The molecule has 0 bridgehead atoms. The molecule has 5 heterocycles. The van der Waals surface area contributed by atoms with Gasteiger partial charge in [-0.2, -0.15) is 0 Å². The van der Waals surface area contributed by atoms with Crippen molar-refractivity contribution in [2.24, 2.45) is 0 Å². The zero-order valence-electron chi connectivity index (χ0n) is 16.1. The Labute approximate surface area is 168 Å². The molecule has 5 rings (SSSR count). The molecule has 0 saturated carbocycles. The van der Waals surface area contributed by atoms with Crippen molar-refractivity contribution < 1.29 is 0 Å². The van der Waals surface area contributed by atoms with E-state index in [4.69, 9.17) is 9.97 Å². The maximum atomic E-state index is 4.76. The molecule has 8 heteroatoms.